The number of carbonyl (C=O) groups is 1. The molecule has 0 aliphatic heterocycles. The number of hydrogen-bond acceptors (Lipinski definition) is 7. The predicted octanol–water partition coefficient (Wildman–Crippen LogP) is 2.75. The second kappa shape index (κ2) is 7.92. The lowest BCUT2D eigenvalue weighted by Crippen LogP contribution is -2.12. The number of esters is 1. The smallest absolute Gasteiger partial charge is 0.337 e. The molecule has 2 N–H and O–H groups in total. The van der Waals surface area contributed by atoms with Gasteiger partial charge in [0.05, 0.1) is 25.3 Å². The minimum Gasteiger partial charge on any atom is -0.496 e. The molecule has 2 aromatic carbocycles. The molecule has 3 rings (SSSR count). The Morgan fingerprint density at radius 2 is 1.96 bits per heavy atom. The van der Waals surface area contributed by atoms with Gasteiger partial charge in [0.25, 0.3) is 0 Å². The van der Waals surface area contributed by atoms with Crippen molar-refractivity contribution in [2.45, 2.75) is 10.9 Å². The maximum atomic E-state index is 11.6. The van der Waals surface area contributed by atoms with E-state index in [9.17, 15) is 4.79 Å². The Morgan fingerprint density at radius 3 is 2.73 bits per heavy atom. The second-order valence-corrected chi connectivity index (χ2v) is 6.30. The summed E-state index contributed by atoms with van der Waals surface area (Å²) in [5.41, 5.74) is 2.24. The van der Waals surface area contributed by atoms with E-state index in [0.29, 0.717) is 28.0 Å². The summed E-state index contributed by atoms with van der Waals surface area (Å²) in [6, 6.07) is 14.7. The van der Waals surface area contributed by atoms with E-state index in [0.717, 1.165) is 11.1 Å². The van der Waals surface area contributed by atoms with Crippen molar-refractivity contribution in [3.05, 3.63) is 59.7 Å². The molecule has 7 nitrogen and oxygen atoms in total. The van der Waals surface area contributed by atoms with Crippen molar-refractivity contribution in [3.8, 4) is 17.1 Å². The van der Waals surface area contributed by atoms with Crippen LogP contribution in [0.3, 0.4) is 0 Å². The largest absolute Gasteiger partial charge is 0.496 e. The van der Waals surface area contributed by atoms with Gasteiger partial charge in [0, 0.05) is 5.75 Å². The first-order chi connectivity index (χ1) is 12.6. The molecule has 0 aliphatic rings. The normalized spacial score (nSPS) is 10.5. The average Bonchev–Trinajstić information content (AvgIpc) is 3.06. The molecule has 0 aliphatic carbocycles. The molecule has 0 saturated heterocycles. The summed E-state index contributed by atoms with van der Waals surface area (Å²) in [5.74, 6) is 7.59. The average molecular weight is 370 g/mol. The van der Waals surface area contributed by atoms with Crippen molar-refractivity contribution < 1.29 is 14.3 Å². The maximum absolute atomic E-state index is 11.6. The highest BCUT2D eigenvalue weighted by atomic mass is 32.2. The lowest BCUT2D eigenvalue weighted by molar-refractivity contribution is 0.0600. The highest BCUT2D eigenvalue weighted by Gasteiger charge is 2.16. The van der Waals surface area contributed by atoms with Crippen molar-refractivity contribution in [2.24, 2.45) is 0 Å². The molecular formula is C18H18N4O3S. The molecule has 0 amide bonds. The number of ether oxygens (including phenoxy) is 2. The number of carbonyl (C=O) groups excluding carboxylic acids is 1. The quantitative estimate of drug-likeness (QED) is 0.405. The van der Waals surface area contributed by atoms with Crippen molar-refractivity contribution in [1.82, 2.24) is 14.9 Å². The minimum atomic E-state index is -0.364. The zero-order valence-corrected chi connectivity index (χ0v) is 15.2. The summed E-state index contributed by atoms with van der Waals surface area (Å²) in [6.07, 6.45) is 0. The van der Waals surface area contributed by atoms with E-state index in [1.165, 1.54) is 23.5 Å². The topological polar surface area (TPSA) is 92.3 Å². The molecular weight excluding hydrogens is 352 g/mol. The van der Waals surface area contributed by atoms with Gasteiger partial charge >= 0.3 is 5.97 Å². The number of nitrogen functional groups attached to an aromatic ring is 1. The molecule has 134 valence electrons. The lowest BCUT2D eigenvalue weighted by atomic mass is 10.1. The molecule has 0 fully saturated rings. The monoisotopic (exact) mass is 370 g/mol. The van der Waals surface area contributed by atoms with Gasteiger partial charge in [0.1, 0.15) is 5.75 Å². The van der Waals surface area contributed by atoms with E-state index in [1.54, 1.807) is 19.2 Å². The Balaban J connectivity index is 1.78. The van der Waals surface area contributed by atoms with Gasteiger partial charge in [-0.05, 0) is 29.8 Å². The number of hydrogen-bond donors (Lipinski definition) is 1. The molecule has 0 spiro atoms. The molecule has 26 heavy (non-hydrogen) atoms. The van der Waals surface area contributed by atoms with Crippen LogP contribution in [0.5, 0.6) is 5.75 Å². The standard InChI is InChI=1S/C18H18N4O3S/c1-24-15-9-4-3-8-14(15)16-20-21-18(22(16)19)26-11-12-6-5-7-13(10-12)17(23)25-2/h3-10H,11,19H2,1-2H3. The minimum absolute atomic E-state index is 0.364. The maximum Gasteiger partial charge on any atom is 0.337 e. The fourth-order valence-electron chi connectivity index (χ4n) is 2.44. The molecule has 0 radical (unpaired) electrons. The second-order valence-electron chi connectivity index (χ2n) is 5.36. The van der Waals surface area contributed by atoms with Crippen molar-refractivity contribution in [3.63, 3.8) is 0 Å². The molecule has 1 heterocycles. The van der Waals surface area contributed by atoms with Crippen LogP contribution < -0.4 is 10.6 Å². The third-order valence-electron chi connectivity index (χ3n) is 3.73. The first kappa shape index (κ1) is 17.8. The van der Waals surface area contributed by atoms with E-state index < -0.39 is 0 Å². The lowest BCUT2D eigenvalue weighted by Gasteiger charge is -2.08. The van der Waals surface area contributed by atoms with Crippen LogP contribution in [0, 0.1) is 0 Å². The summed E-state index contributed by atoms with van der Waals surface area (Å²) in [4.78, 5) is 11.6. The van der Waals surface area contributed by atoms with Crippen LogP contribution in [-0.2, 0) is 10.5 Å². The molecule has 8 heteroatoms. The van der Waals surface area contributed by atoms with Crippen molar-refractivity contribution in [1.29, 1.82) is 0 Å². The Kier molecular flexibility index (Phi) is 5.43. The van der Waals surface area contributed by atoms with Crippen molar-refractivity contribution in [2.75, 3.05) is 20.1 Å². The van der Waals surface area contributed by atoms with Crippen LogP contribution in [0.25, 0.3) is 11.4 Å². The van der Waals surface area contributed by atoms with Gasteiger partial charge in [0.2, 0.25) is 5.16 Å². The van der Waals surface area contributed by atoms with Gasteiger partial charge in [-0.2, -0.15) is 0 Å². The van der Waals surface area contributed by atoms with Crippen LogP contribution in [0.15, 0.2) is 53.7 Å². The van der Waals surface area contributed by atoms with Crippen LogP contribution in [-0.4, -0.2) is 35.1 Å². The Labute approximate surface area is 155 Å². The molecule has 0 saturated carbocycles. The number of nitrogens with zero attached hydrogens (tertiary/aromatic N) is 3. The number of thioether (sulfide) groups is 1. The number of rotatable bonds is 6. The van der Waals surface area contributed by atoms with Crippen LogP contribution in [0.4, 0.5) is 0 Å². The van der Waals surface area contributed by atoms with Gasteiger partial charge in [0.15, 0.2) is 5.82 Å². The summed E-state index contributed by atoms with van der Waals surface area (Å²) in [7, 11) is 2.96. The molecule has 3 aromatic rings. The van der Waals surface area contributed by atoms with Gasteiger partial charge in [-0.25, -0.2) is 9.47 Å². The number of benzene rings is 2. The van der Waals surface area contributed by atoms with E-state index in [1.807, 2.05) is 36.4 Å². The molecule has 1 aromatic heterocycles. The highest BCUT2D eigenvalue weighted by molar-refractivity contribution is 7.98. The first-order valence-electron chi connectivity index (χ1n) is 7.78. The van der Waals surface area contributed by atoms with E-state index in [4.69, 9.17) is 15.3 Å². The third kappa shape index (κ3) is 3.65. The molecule has 0 unspecified atom stereocenters. The van der Waals surface area contributed by atoms with Crippen molar-refractivity contribution >= 4 is 17.7 Å². The summed E-state index contributed by atoms with van der Waals surface area (Å²) in [5, 5.41) is 8.90. The van der Waals surface area contributed by atoms with E-state index in [2.05, 4.69) is 10.2 Å². The zero-order chi connectivity index (χ0) is 18.5. The number of aromatic nitrogens is 3. The van der Waals surface area contributed by atoms with E-state index >= 15 is 0 Å². The van der Waals surface area contributed by atoms with Crippen LogP contribution >= 0.6 is 11.8 Å². The zero-order valence-electron chi connectivity index (χ0n) is 14.4. The molecule has 0 bridgehead atoms. The Bertz CT molecular complexity index is 926. The van der Waals surface area contributed by atoms with Crippen LogP contribution in [0.1, 0.15) is 15.9 Å². The highest BCUT2D eigenvalue weighted by Crippen LogP contribution is 2.30. The van der Waals surface area contributed by atoms with Gasteiger partial charge < -0.3 is 15.3 Å². The predicted molar refractivity (Wildman–Crippen MR) is 99.5 cm³/mol. The third-order valence-corrected chi connectivity index (χ3v) is 4.74. The summed E-state index contributed by atoms with van der Waals surface area (Å²) in [6.45, 7) is 0. The van der Waals surface area contributed by atoms with E-state index in [-0.39, 0.29) is 5.97 Å². The Hall–Kier alpha value is -3.00. The Morgan fingerprint density at radius 1 is 1.15 bits per heavy atom. The summed E-state index contributed by atoms with van der Waals surface area (Å²) < 4.78 is 11.5. The van der Waals surface area contributed by atoms with Gasteiger partial charge in [-0.15, -0.1) is 10.2 Å². The molecule has 0 atom stereocenters. The fourth-order valence-corrected chi connectivity index (χ4v) is 3.24. The summed E-state index contributed by atoms with van der Waals surface area (Å²) >= 11 is 1.43. The number of methoxy groups -OCH3 is 2. The van der Waals surface area contributed by atoms with Crippen LogP contribution in [0.2, 0.25) is 0 Å². The SMILES string of the molecule is COC(=O)c1cccc(CSc2nnc(-c3ccccc3OC)n2N)c1. The van der Waals surface area contributed by atoms with Gasteiger partial charge in [-0.1, -0.05) is 36.0 Å². The fraction of sp³-hybridized carbons (Fsp3) is 0.167. The number of para-hydroxylation sites is 1. The first-order valence-corrected chi connectivity index (χ1v) is 8.76. The number of nitrogens with two attached hydrogens (primary N) is 1. The van der Waals surface area contributed by atoms with Gasteiger partial charge in [-0.3, -0.25) is 0 Å².